The number of alkyl carbamates (subject to hydrolysis) is 1. The van der Waals surface area contributed by atoms with Crippen LogP contribution in [0, 0.1) is 0 Å². The van der Waals surface area contributed by atoms with Crippen LogP contribution in [0.1, 0.15) is 18.4 Å². The van der Waals surface area contributed by atoms with Crippen molar-refractivity contribution in [1.82, 2.24) is 5.32 Å². The minimum atomic E-state index is -0.403. The smallest absolute Gasteiger partial charge is 0.407 e. The van der Waals surface area contributed by atoms with Gasteiger partial charge >= 0.3 is 6.09 Å². The monoisotopic (exact) mass is 251 g/mol. The van der Waals surface area contributed by atoms with Crippen LogP contribution in [0.25, 0.3) is 0 Å². The van der Waals surface area contributed by atoms with E-state index in [1.807, 2.05) is 30.3 Å². The molecule has 0 aromatic heterocycles. The van der Waals surface area contributed by atoms with E-state index < -0.39 is 6.09 Å². The summed E-state index contributed by atoms with van der Waals surface area (Å²) in [4.78, 5) is 11.3. The van der Waals surface area contributed by atoms with Crippen LogP contribution >= 0.6 is 0 Å². The molecular formula is C13H21N3O2. The molecule has 0 aliphatic carbocycles. The van der Waals surface area contributed by atoms with E-state index in [1.54, 1.807) is 0 Å². The van der Waals surface area contributed by atoms with E-state index in [0.29, 0.717) is 13.1 Å². The molecule has 0 saturated carbocycles. The van der Waals surface area contributed by atoms with Gasteiger partial charge in [0.25, 0.3) is 0 Å². The lowest BCUT2D eigenvalue weighted by Gasteiger charge is -2.09. The van der Waals surface area contributed by atoms with Gasteiger partial charge in [0.05, 0.1) is 0 Å². The molecule has 0 fully saturated rings. The summed E-state index contributed by atoms with van der Waals surface area (Å²) in [5.74, 6) is 0. The van der Waals surface area contributed by atoms with Crippen LogP contribution in [0.15, 0.2) is 30.3 Å². The topological polar surface area (TPSA) is 90.4 Å². The third-order valence-corrected chi connectivity index (χ3v) is 2.54. The molecule has 0 aliphatic heterocycles. The molecule has 1 unspecified atom stereocenters. The highest BCUT2D eigenvalue weighted by Gasteiger charge is 2.03. The summed E-state index contributed by atoms with van der Waals surface area (Å²) in [6.45, 7) is 1.31. The molecule has 1 amide bonds. The van der Waals surface area contributed by atoms with E-state index in [9.17, 15) is 4.79 Å². The fourth-order valence-electron chi connectivity index (χ4n) is 1.45. The Balaban J connectivity index is 2.07. The average Bonchev–Trinajstić information content (AvgIpc) is 2.42. The van der Waals surface area contributed by atoms with E-state index in [0.717, 1.165) is 18.4 Å². The number of ether oxygens (including phenoxy) is 1. The Morgan fingerprint density at radius 3 is 2.72 bits per heavy atom. The van der Waals surface area contributed by atoms with Gasteiger partial charge in [-0.2, -0.15) is 0 Å². The van der Waals surface area contributed by atoms with Gasteiger partial charge in [0, 0.05) is 19.1 Å². The summed E-state index contributed by atoms with van der Waals surface area (Å²) in [6.07, 6.45) is 1.20. The van der Waals surface area contributed by atoms with Crippen molar-refractivity contribution in [2.75, 3.05) is 13.1 Å². The number of hydrogen-bond acceptors (Lipinski definition) is 4. The molecule has 1 atom stereocenters. The number of rotatable bonds is 7. The van der Waals surface area contributed by atoms with Gasteiger partial charge in [-0.1, -0.05) is 30.3 Å². The predicted octanol–water partition coefficient (Wildman–Crippen LogP) is 0.979. The maximum absolute atomic E-state index is 11.3. The molecule has 0 saturated heterocycles. The fourth-order valence-corrected chi connectivity index (χ4v) is 1.45. The first-order valence-electron chi connectivity index (χ1n) is 6.12. The van der Waals surface area contributed by atoms with Crippen molar-refractivity contribution in [3.63, 3.8) is 0 Å². The number of carbonyl (C=O) groups excluding carboxylic acids is 1. The highest BCUT2D eigenvalue weighted by molar-refractivity contribution is 5.67. The lowest BCUT2D eigenvalue weighted by atomic mass is 10.2. The van der Waals surface area contributed by atoms with Crippen LogP contribution in [0.2, 0.25) is 0 Å². The van der Waals surface area contributed by atoms with Crippen molar-refractivity contribution in [2.45, 2.75) is 25.5 Å². The minimum absolute atomic E-state index is 0.00661. The Labute approximate surface area is 107 Å². The van der Waals surface area contributed by atoms with Crippen LogP contribution in [-0.2, 0) is 11.3 Å². The van der Waals surface area contributed by atoms with E-state index in [1.165, 1.54) is 0 Å². The maximum Gasteiger partial charge on any atom is 0.407 e. The molecule has 1 aromatic rings. The van der Waals surface area contributed by atoms with E-state index in [-0.39, 0.29) is 12.6 Å². The Kier molecular flexibility index (Phi) is 6.83. The molecule has 18 heavy (non-hydrogen) atoms. The van der Waals surface area contributed by atoms with E-state index in [4.69, 9.17) is 16.2 Å². The second-order valence-electron chi connectivity index (χ2n) is 4.13. The first kappa shape index (κ1) is 14.5. The zero-order chi connectivity index (χ0) is 13.2. The highest BCUT2D eigenvalue weighted by atomic mass is 16.5. The molecule has 5 nitrogen and oxygen atoms in total. The quantitative estimate of drug-likeness (QED) is 0.630. The number of benzene rings is 1. The largest absolute Gasteiger partial charge is 0.445 e. The maximum atomic E-state index is 11.3. The summed E-state index contributed by atoms with van der Waals surface area (Å²) in [7, 11) is 0. The van der Waals surface area contributed by atoms with Gasteiger partial charge in [0.15, 0.2) is 0 Å². The van der Waals surface area contributed by atoms with Crippen molar-refractivity contribution < 1.29 is 9.53 Å². The summed E-state index contributed by atoms with van der Waals surface area (Å²) in [5.41, 5.74) is 12.0. The van der Waals surface area contributed by atoms with Crippen LogP contribution < -0.4 is 16.8 Å². The van der Waals surface area contributed by atoms with Crippen molar-refractivity contribution in [1.29, 1.82) is 0 Å². The van der Waals surface area contributed by atoms with Crippen molar-refractivity contribution in [2.24, 2.45) is 11.5 Å². The molecule has 100 valence electrons. The zero-order valence-corrected chi connectivity index (χ0v) is 10.5. The van der Waals surface area contributed by atoms with Crippen LogP contribution in [-0.4, -0.2) is 25.2 Å². The molecule has 5 N–H and O–H groups in total. The summed E-state index contributed by atoms with van der Waals surface area (Å²) >= 11 is 0. The molecule has 0 bridgehead atoms. The third kappa shape index (κ3) is 6.22. The van der Waals surface area contributed by atoms with Crippen molar-refractivity contribution >= 4 is 6.09 Å². The van der Waals surface area contributed by atoms with Gasteiger partial charge in [0.1, 0.15) is 6.61 Å². The molecule has 0 radical (unpaired) electrons. The SMILES string of the molecule is NCC(N)CCCNC(=O)OCc1ccccc1. The normalized spacial score (nSPS) is 11.9. The molecule has 0 spiro atoms. The third-order valence-electron chi connectivity index (χ3n) is 2.54. The standard InChI is InChI=1S/C13H21N3O2/c14-9-12(15)7-4-8-16-13(17)18-10-11-5-2-1-3-6-11/h1-3,5-6,12H,4,7-10,14-15H2,(H,16,17). The lowest BCUT2D eigenvalue weighted by molar-refractivity contribution is 0.139. The summed E-state index contributed by atoms with van der Waals surface area (Å²) < 4.78 is 5.06. The van der Waals surface area contributed by atoms with Gasteiger partial charge in [0.2, 0.25) is 0 Å². The number of nitrogens with one attached hydrogen (secondary N) is 1. The molecular weight excluding hydrogens is 230 g/mol. The predicted molar refractivity (Wildman–Crippen MR) is 70.9 cm³/mol. The first-order valence-corrected chi connectivity index (χ1v) is 6.12. The van der Waals surface area contributed by atoms with E-state index in [2.05, 4.69) is 5.32 Å². The van der Waals surface area contributed by atoms with E-state index >= 15 is 0 Å². The Morgan fingerprint density at radius 2 is 2.06 bits per heavy atom. The molecule has 1 aromatic carbocycles. The average molecular weight is 251 g/mol. The van der Waals surface area contributed by atoms with Crippen LogP contribution in [0.3, 0.4) is 0 Å². The Bertz CT molecular complexity index is 343. The van der Waals surface area contributed by atoms with Gasteiger partial charge in [-0.15, -0.1) is 0 Å². The molecule has 0 heterocycles. The molecule has 1 rings (SSSR count). The zero-order valence-electron chi connectivity index (χ0n) is 10.5. The Morgan fingerprint density at radius 1 is 1.33 bits per heavy atom. The number of carbonyl (C=O) groups is 1. The second kappa shape index (κ2) is 8.49. The minimum Gasteiger partial charge on any atom is -0.445 e. The van der Waals surface area contributed by atoms with Gasteiger partial charge < -0.3 is 21.5 Å². The lowest BCUT2D eigenvalue weighted by Crippen LogP contribution is -2.31. The van der Waals surface area contributed by atoms with Gasteiger partial charge in [-0.05, 0) is 18.4 Å². The van der Waals surface area contributed by atoms with Crippen molar-refractivity contribution in [3.8, 4) is 0 Å². The van der Waals surface area contributed by atoms with Crippen LogP contribution in [0.4, 0.5) is 4.79 Å². The molecule has 0 aliphatic rings. The van der Waals surface area contributed by atoms with Crippen molar-refractivity contribution in [3.05, 3.63) is 35.9 Å². The fraction of sp³-hybridized carbons (Fsp3) is 0.462. The van der Waals surface area contributed by atoms with Gasteiger partial charge in [-0.3, -0.25) is 0 Å². The number of hydrogen-bond donors (Lipinski definition) is 3. The first-order chi connectivity index (χ1) is 8.72. The van der Waals surface area contributed by atoms with Gasteiger partial charge in [-0.25, -0.2) is 4.79 Å². The summed E-state index contributed by atoms with van der Waals surface area (Å²) in [6, 6.07) is 9.56. The van der Waals surface area contributed by atoms with Crippen LogP contribution in [0.5, 0.6) is 0 Å². The highest BCUT2D eigenvalue weighted by Crippen LogP contribution is 2.00. The second-order valence-corrected chi connectivity index (χ2v) is 4.13. The summed E-state index contributed by atoms with van der Waals surface area (Å²) in [5, 5.41) is 2.67. The number of nitrogens with two attached hydrogens (primary N) is 2. The Hall–Kier alpha value is -1.59. The number of amides is 1. The molecule has 5 heteroatoms.